The van der Waals surface area contributed by atoms with Crippen LogP contribution in [0.1, 0.15) is 39.4 Å². The maximum atomic E-state index is 13.6. The molecule has 0 aliphatic heterocycles. The highest BCUT2D eigenvalue weighted by Gasteiger charge is 2.19. The quantitative estimate of drug-likeness (QED) is 0.640. The van der Waals surface area contributed by atoms with Gasteiger partial charge in [-0.2, -0.15) is 0 Å². The highest BCUT2D eigenvalue weighted by molar-refractivity contribution is 5.86. The molecule has 0 aliphatic carbocycles. The SMILES string of the molecule is CCn1c(-c2cccc(F)c2)nc2c(N)nc(/C=C/C(O)(CC)CC)nc21.Cl. The van der Waals surface area contributed by atoms with Crippen molar-refractivity contribution in [3.8, 4) is 11.4 Å². The summed E-state index contributed by atoms with van der Waals surface area (Å²) < 4.78 is 15.5. The standard InChI is InChI=1S/C20H24FN5O.ClH/c1-4-20(27,5-2)11-10-15-23-17(22)16-19(24-15)26(6-3)18(25-16)13-8-7-9-14(21)12-13;/h7-12,27H,4-6H2,1-3H3,(H2,22,23,24);1H/b11-10+;. The number of anilines is 1. The van der Waals surface area contributed by atoms with Gasteiger partial charge in [-0.3, -0.25) is 0 Å². The molecule has 8 heteroatoms. The van der Waals surface area contributed by atoms with Crippen molar-refractivity contribution in [2.24, 2.45) is 0 Å². The molecular formula is C20H25ClFN5O. The van der Waals surface area contributed by atoms with E-state index in [2.05, 4.69) is 15.0 Å². The number of halogens is 2. The third kappa shape index (κ3) is 4.15. The Morgan fingerprint density at radius 2 is 1.89 bits per heavy atom. The lowest BCUT2D eigenvalue weighted by atomic mass is 9.97. The molecule has 0 aliphatic rings. The fourth-order valence-corrected chi connectivity index (χ4v) is 2.98. The van der Waals surface area contributed by atoms with E-state index in [-0.39, 0.29) is 24.0 Å². The largest absolute Gasteiger partial charge is 0.386 e. The molecule has 0 atom stereocenters. The first kappa shape index (κ1) is 21.8. The lowest BCUT2D eigenvalue weighted by Gasteiger charge is -2.20. The minimum Gasteiger partial charge on any atom is -0.386 e. The second-order valence-electron chi connectivity index (χ2n) is 6.47. The topological polar surface area (TPSA) is 89.9 Å². The van der Waals surface area contributed by atoms with Crippen molar-refractivity contribution < 1.29 is 9.50 Å². The molecule has 0 bridgehead atoms. The Morgan fingerprint density at radius 3 is 2.50 bits per heavy atom. The molecule has 0 radical (unpaired) electrons. The molecular weight excluding hydrogens is 381 g/mol. The monoisotopic (exact) mass is 405 g/mol. The highest BCUT2D eigenvalue weighted by atomic mass is 35.5. The fourth-order valence-electron chi connectivity index (χ4n) is 2.98. The average molecular weight is 406 g/mol. The van der Waals surface area contributed by atoms with Crippen LogP contribution in [0.4, 0.5) is 10.2 Å². The van der Waals surface area contributed by atoms with Crippen LogP contribution < -0.4 is 5.73 Å². The van der Waals surface area contributed by atoms with Crippen LogP contribution in [0.3, 0.4) is 0 Å². The number of nitrogens with zero attached hydrogens (tertiary/aromatic N) is 4. The molecule has 3 aromatic rings. The molecule has 28 heavy (non-hydrogen) atoms. The Labute approximate surface area is 169 Å². The number of nitrogens with two attached hydrogens (primary N) is 1. The maximum absolute atomic E-state index is 13.6. The number of rotatable bonds is 6. The van der Waals surface area contributed by atoms with Crippen LogP contribution in [0.25, 0.3) is 28.6 Å². The van der Waals surface area contributed by atoms with Crippen LogP contribution in [-0.2, 0) is 6.54 Å². The van der Waals surface area contributed by atoms with Crippen LogP contribution in [0, 0.1) is 5.82 Å². The zero-order chi connectivity index (χ0) is 19.6. The lowest BCUT2D eigenvalue weighted by molar-refractivity contribution is 0.0836. The number of aliphatic hydroxyl groups is 1. The van der Waals surface area contributed by atoms with Gasteiger partial charge in [-0.15, -0.1) is 12.4 Å². The van der Waals surface area contributed by atoms with Gasteiger partial charge in [0.05, 0.1) is 5.60 Å². The van der Waals surface area contributed by atoms with Gasteiger partial charge >= 0.3 is 0 Å². The number of fused-ring (bicyclic) bond motifs is 1. The number of hydrogen-bond acceptors (Lipinski definition) is 5. The van der Waals surface area contributed by atoms with Crippen molar-refractivity contribution in [3.63, 3.8) is 0 Å². The third-order valence-corrected chi connectivity index (χ3v) is 4.81. The molecule has 0 saturated heterocycles. The predicted octanol–water partition coefficient (Wildman–Crippen LogP) is 4.22. The summed E-state index contributed by atoms with van der Waals surface area (Å²) in [6.07, 6.45) is 4.56. The molecule has 0 spiro atoms. The Kier molecular flexibility index (Phi) is 6.74. The average Bonchev–Trinajstić information content (AvgIpc) is 3.05. The Hall–Kier alpha value is -2.51. The van der Waals surface area contributed by atoms with Crippen molar-refractivity contribution in [1.82, 2.24) is 19.5 Å². The van der Waals surface area contributed by atoms with Crippen LogP contribution in [0.2, 0.25) is 0 Å². The minimum absolute atomic E-state index is 0. The summed E-state index contributed by atoms with van der Waals surface area (Å²) in [4.78, 5) is 13.4. The molecule has 2 heterocycles. The number of benzene rings is 1. The molecule has 1 aromatic carbocycles. The van der Waals surface area contributed by atoms with E-state index in [1.165, 1.54) is 12.1 Å². The number of imidazole rings is 1. The summed E-state index contributed by atoms with van der Waals surface area (Å²) in [5.74, 6) is 0.915. The lowest BCUT2D eigenvalue weighted by Crippen LogP contribution is -2.22. The fraction of sp³-hybridized carbons (Fsp3) is 0.350. The van der Waals surface area contributed by atoms with E-state index in [0.29, 0.717) is 47.8 Å². The molecule has 0 amide bonds. The van der Waals surface area contributed by atoms with E-state index in [4.69, 9.17) is 5.73 Å². The van der Waals surface area contributed by atoms with Crippen LogP contribution >= 0.6 is 12.4 Å². The molecule has 2 aromatic heterocycles. The highest BCUT2D eigenvalue weighted by Crippen LogP contribution is 2.27. The molecule has 150 valence electrons. The third-order valence-electron chi connectivity index (χ3n) is 4.81. The van der Waals surface area contributed by atoms with Gasteiger partial charge in [0.15, 0.2) is 22.8 Å². The van der Waals surface area contributed by atoms with Gasteiger partial charge in [-0.1, -0.05) is 26.0 Å². The summed E-state index contributed by atoms with van der Waals surface area (Å²) in [7, 11) is 0. The van der Waals surface area contributed by atoms with Crippen LogP contribution in [-0.4, -0.2) is 30.2 Å². The first-order valence-electron chi connectivity index (χ1n) is 9.12. The summed E-state index contributed by atoms with van der Waals surface area (Å²) in [5, 5.41) is 10.4. The predicted molar refractivity (Wildman–Crippen MR) is 113 cm³/mol. The summed E-state index contributed by atoms with van der Waals surface area (Å²) in [5.41, 5.74) is 6.93. The molecule has 6 nitrogen and oxygen atoms in total. The van der Waals surface area contributed by atoms with E-state index >= 15 is 0 Å². The maximum Gasteiger partial charge on any atom is 0.166 e. The van der Waals surface area contributed by atoms with Gasteiger partial charge in [-0.25, -0.2) is 19.3 Å². The molecule has 3 rings (SSSR count). The Balaban J connectivity index is 0.00000280. The first-order valence-corrected chi connectivity index (χ1v) is 9.12. The Bertz CT molecular complexity index is 998. The van der Waals surface area contributed by atoms with Crippen molar-refractivity contribution >= 4 is 35.5 Å². The van der Waals surface area contributed by atoms with Crippen molar-refractivity contribution in [1.29, 1.82) is 0 Å². The van der Waals surface area contributed by atoms with E-state index in [0.717, 1.165) is 0 Å². The van der Waals surface area contributed by atoms with Crippen molar-refractivity contribution in [2.45, 2.75) is 45.8 Å². The van der Waals surface area contributed by atoms with Crippen LogP contribution in [0.5, 0.6) is 0 Å². The van der Waals surface area contributed by atoms with Crippen molar-refractivity contribution in [2.75, 3.05) is 5.73 Å². The second-order valence-corrected chi connectivity index (χ2v) is 6.47. The summed E-state index contributed by atoms with van der Waals surface area (Å²) in [6.45, 7) is 6.40. The van der Waals surface area contributed by atoms with Gasteiger partial charge in [0.1, 0.15) is 11.6 Å². The molecule has 3 N–H and O–H groups in total. The van der Waals surface area contributed by atoms with Crippen molar-refractivity contribution in [3.05, 3.63) is 42.0 Å². The zero-order valence-corrected chi connectivity index (χ0v) is 17.0. The second kappa shape index (κ2) is 8.67. The van der Waals surface area contributed by atoms with E-state index in [1.807, 2.05) is 25.3 Å². The van der Waals surface area contributed by atoms with Gasteiger partial charge in [-0.05, 0) is 44.1 Å². The van der Waals surface area contributed by atoms with Gasteiger partial charge < -0.3 is 15.4 Å². The van der Waals surface area contributed by atoms with E-state index in [1.54, 1.807) is 24.3 Å². The van der Waals surface area contributed by atoms with Gasteiger partial charge in [0.2, 0.25) is 0 Å². The minimum atomic E-state index is -0.898. The molecule has 0 fully saturated rings. The van der Waals surface area contributed by atoms with Crippen LogP contribution in [0.15, 0.2) is 30.3 Å². The Morgan fingerprint density at radius 1 is 1.18 bits per heavy atom. The number of nitrogen functional groups attached to an aromatic ring is 1. The summed E-state index contributed by atoms with van der Waals surface area (Å²) in [6, 6.07) is 6.26. The number of aromatic nitrogens is 4. The smallest absolute Gasteiger partial charge is 0.166 e. The first-order chi connectivity index (χ1) is 12.9. The number of hydrogen-bond donors (Lipinski definition) is 2. The molecule has 0 saturated carbocycles. The van der Waals surface area contributed by atoms with Gasteiger partial charge in [0.25, 0.3) is 0 Å². The normalized spacial score (nSPS) is 11.9. The molecule has 0 unspecified atom stereocenters. The van der Waals surface area contributed by atoms with E-state index < -0.39 is 5.60 Å². The summed E-state index contributed by atoms with van der Waals surface area (Å²) >= 11 is 0. The zero-order valence-electron chi connectivity index (χ0n) is 16.2. The van der Waals surface area contributed by atoms with E-state index in [9.17, 15) is 9.50 Å². The van der Waals surface area contributed by atoms with Gasteiger partial charge in [0, 0.05) is 12.1 Å². The number of aryl methyl sites for hydroxylation is 1.